The lowest BCUT2D eigenvalue weighted by molar-refractivity contribution is -0.138. The van der Waals surface area contributed by atoms with Gasteiger partial charge in [0.2, 0.25) is 11.8 Å². The summed E-state index contributed by atoms with van der Waals surface area (Å²) in [6.07, 6.45) is 1.77. The molecule has 2 amide bonds. The number of likely N-dealkylation sites (tertiary alicyclic amines) is 1. The number of nitrogens with zero attached hydrogens (tertiary/aromatic N) is 1. The van der Waals surface area contributed by atoms with Crippen molar-refractivity contribution in [3.63, 3.8) is 0 Å². The highest BCUT2D eigenvalue weighted by molar-refractivity contribution is 6.30. The Bertz CT molecular complexity index is 790. The highest BCUT2D eigenvalue weighted by Crippen LogP contribution is 2.19. The van der Waals surface area contributed by atoms with Gasteiger partial charge in [0, 0.05) is 18.1 Å². The first-order valence-electron chi connectivity index (χ1n) is 9.07. The van der Waals surface area contributed by atoms with Crippen molar-refractivity contribution in [2.75, 3.05) is 6.54 Å². The molecule has 2 aromatic carbocycles. The van der Waals surface area contributed by atoms with E-state index in [0.717, 1.165) is 23.1 Å². The molecule has 142 valence electrons. The number of nitrogens with one attached hydrogen (secondary N) is 1. The standard InChI is InChI=1S/C21H23ClN2O3/c22-18-9-7-16(8-10-18)13-23-21(27)19-2-1-11-24(19)20(26)12-15-3-5-17(14-25)6-4-15/h3-10,19,25H,1-2,11-14H2,(H,23,27). The van der Waals surface area contributed by atoms with Gasteiger partial charge in [-0.25, -0.2) is 0 Å². The van der Waals surface area contributed by atoms with E-state index in [2.05, 4.69) is 5.32 Å². The lowest BCUT2D eigenvalue weighted by Gasteiger charge is -2.24. The van der Waals surface area contributed by atoms with Crippen LogP contribution in [0.5, 0.6) is 0 Å². The molecule has 0 radical (unpaired) electrons. The van der Waals surface area contributed by atoms with E-state index in [1.54, 1.807) is 17.0 Å². The number of aliphatic hydroxyl groups excluding tert-OH is 1. The van der Waals surface area contributed by atoms with Gasteiger partial charge >= 0.3 is 0 Å². The molecular weight excluding hydrogens is 364 g/mol. The number of carbonyl (C=O) groups excluding carboxylic acids is 2. The van der Waals surface area contributed by atoms with Crippen molar-refractivity contribution >= 4 is 23.4 Å². The molecule has 6 heteroatoms. The van der Waals surface area contributed by atoms with E-state index >= 15 is 0 Å². The first kappa shape index (κ1) is 19.4. The normalized spacial score (nSPS) is 16.4. The van der Waals surface area contributed by atoms with E-state index < -0.39 is 6.04 Å². The van der Waals surface area contributed by atoms with Crippen molar-refractivity contribution in [1.29, 1.82) is 0 Å². The molecule has 1 atom stereocenters. The summed E-state index contributed by atoms with van der Waals surface area (Å²) < 4.78 is 0. The SMILES string of the molecule is O=C(NCc1ccc(Cl)cc1)C1CCCN1C(=O)Cc1ccc(CO)cc1. The summed E-state index contributed by atoms with van der Waals surface area (Å²) in [6, 6.07) is 14.2. The lowest BCUT2D eigenvalue weighted by atomic mass is 10.1. The molecule has 0 bridgehead atoms. The molecule has 0 saturated carbocycles. The van der Waals surface area contributed by atoms with Crippen LogP contribution in [-0.2, 0) is 29.2 Å². The molecule has 0 aromatic heterocycles. The summed E-state index contributed by atoms with van der Waals surface area (Å²) in [5.74, 6) is -0.165. The fourth-order valence-electron chi connectivity index (χ4n) is 3.29. The first-order valence-corrected chi connectivity index (χ1v) is 9.45. The maximum atomic E-state index is 12.7. The molecule has 1 unspecified atom stereocenters. The van der Waals surface area contributed by atoms with Crippen molar-refractivity contribution in [2.45, 2.75) is 38.5 Å². The van der Waals surface area contributed by atoms with Crippen molar-refractivity contribution < 1.29 is 14.7 Å². The van der Waals surface area contributed by atoms with Crippen LogP contribution in [0.4, 0.5) is 0 Å². The third kappa shape index (κ3) is 5.08. The van der Waals surface area contributed by atoms with E-state index in [0.29, 0.717) is 24.5 Å². The van der Waals surface area contributed by atoms with Gasteiger partial charge in [0.1, 0.15) is 6.04 Å². The number of aliphatic hydroxyl groups is 1. The molecule has 3 rings (SSSR count). The summed E-state index contributed by atoms with van der Waals surface area (Å²) in [4.78, 5) is 26.9. The number of amides is 2. The maximum absolute atomic E-state index is 12.7. The smallest absolute Gasteiger partial charge is 0.243 e. The van der Waals surface area contributed by atoms with Gasteiger partial charge in [-0.15, -0.1) is 0 Å². The lowest BCUT2D eigenvalue weighted by Crippen LogP contribution is -2.46. The number of carbonyl (C=O) groups is 2. The van der Waals surface area contributed by atoms with Gasteiger partial charge in [0.25, 0.3) is 0 Å². The number of rotatable bonds is 6. The Hall–Kier alpha value is -2.37. The average Bonchev–Trinajstić information content (AvgIpc) is 3.18. The minimum absolute atomic E-state index is 0.0176. The summed E-state index contributed by atoms with van der Waals surface area (Å²) >= 11 is 5.87. The van der Waals surface area contributed by atoms with Gasteiger partial charge in [-0.05, 0) is 41.7 Å². The Balaban J connectivity index is 1.57. The zero-order valence-electron chi connectivity index (χ0n) is 15.0. The van der Waals surface area contributed by atoms with E-state index in [1.807, 2.05) is 36.4 Å². The number of halogens is 1. The second-order valence-electron chi connectivity index (χ2n) is 6.74. The van der Waals surface area contributed by atoms with E-state index in [-0.39, 0.29) is 24.8 Å². The van der Waals surface area contributed by atoms with Gasteiger partial charge in [-0.2, -0.15) is 0 Å². The van der Waals surface area contributed by atoms with Crippen LogP contribution in [0.25, 0.3) is 0 Å². The fourth-order valence-corrected chi connectivity index (χ4v) is 3.41. The monoisotopic (exact) mass is 386 g/mol. The van der Waals surface area contributed by atoms with Crippen LogP contribution in [0.1, 0.15) is 29.5 Å². The van der Waals surface area contributed by atoms with Crippen LogP contribution in [0, 0.1) is 0 Å². The number of hydrogen-bond donors (Lipinski definition) is 2. The first-order chi connectivity index (χ1) is 13.1. The summed E-state index contributed by atoms with van der Waals surface area (Å²) in [7, 11) is 0. The van der Waals surface area contributed by atoms with Gasteiger partial charge in [0.15, 0.2) is 0 Å². The minimum atomic E-state index is -0.415. The molecule has 5 nitrogen and oxygen atoms in total. The predicted octanol–water partition coefficient (Wildman–Crippen LogP) is 2.68. The summed E-state index contributed by atoms with van der Waals surface area (Å²) in [5.41, 5.74) is 2.66. The van der Waals surface area contributed by atoms with Crippen LogP contribution >= 0.6 is 11.6 Å². The molecule has 0 aliphatic carbocycles. The van der Waals surface area contributed by atoms with Gasteiger partial charge in [0.05, 0.1) is 13.0 Å². The third-order valence-electron chi connectivity index (χ3n) is 4.82. The average molecular weight is 387 g/mol. The molecule has 1 saturated heterocycles. The summed E-state index contributed by atoms with van der Waals surface area (Å²) in [6.45, 7) is 1.000. The Labute approximate surface area is 163 Å². The summed E-state index contributed by atoms with van der Waals surface area (Å²) in [5, 5.41) is 12.7. The van der Waals surface area contributed by atoms with E-state index in [9.17, 15) is 9.59 Å². The molecule has 2 N–H and O–H groups in total. The zero-order valence-corrected chi connectivity index (χ0v) is 15.8. The second kappa shape index (κ2) is 9.02. The number of hydrogen-bond acceptors (Lipinski definition) is 3. The molecule has 1 aliphatic heterocycles. The van der Waals surface area contributed by atoms with Crippen LogP contribution in [0.2, 0.25) is 5.02 Å². The van der Waals surface area contributed by atoms with Crippen molar-refractivity contribution in [2.24, 2.45) is 0 Å². The van der Waals surface area contributed by atoms with Crippen molar-refractivity contribution in [3.8, 4) is 0 Å². The Kier molecular flexibility index (Phi) is 6.48. The second-order valence-corrected chi connectivity index (χ2v) is 7.18. The van der Waals surface area contributed by atoms with Crippen LogP contribution in [0.3, 0.4) is 0 Å². The Morgan fingerprint density at radius 3 is 2.33 bits per heavy atom. The molecule has 1 heterocycles. The van der Waals surface area contributed by atoms with E-state index in [4.69, 9.17) is 16.7 Å². The highest BCUT2D eigenvalue weighted by atomic mass is 35.5. The van der Waals surface area contributed by atoms with Crippen LogP contribution < -0.4 is 5.32 Å². The molecule has 0 spiro atoms. The van der Waals surface area contributed by atoms with Crippen molar-refractivity contribution in [1.82, 2.24) is 10.2 Å². The Morgan fingerprint density at radius 2 is 1.67 bits per heavy atom. The van der Waals surface area contributed by atoms with Crippen LogP contribution in [0.15, 0.2) is 48.5 Å². The topological polar surface area (TPSA) is 69.6 Å². The van der Waals surface area contributed by atoms with Gasteiger partial charge in [-0.3, -0.25) is 9.59 Å². The fraction of sp³-hybridized carbons (Fsp3) is 0.333. The quantitative estimate of drug-likeness (QED) is 0.801. The molecule has 1 aliphatic rings. The maximum Gasteiger partial charge on any atom is 0.243 e. The zero-order chi connectivity index (χ0) is 19.2. The highest BCUT2D eigenvalue weighted by Gasteiger charge is 2.33. The largest absolute Gasteiger partial charge is 0.392 e. The van der Waals surface area contributed by atoms with Crippen molar-refractivity contribution in [3.05, 3.63) is 70.2 Å². The molecular formula is C21H23ClN2O3. The molecule has 2 aromatic rings. The van der Waals surface area contributed by atoms with Gasteiger partial charge in [-0.1, -0.05) is 48.0 Å². The molecule has 27 heavy (non-hydrogen) atoms. The van der Waals surface area contributed by atoms with Crippen LogP contribution in [-0.4, -0.2) is 34.4 Å². The van der Waals surface area contributed by atoms with E-state index in [1.165, 1.54) is 0 Å². The van der Waals surface area contributed by atoms with Gasteiger partial charge < -0.3 is 15.3 Å². The predicted molar refractivity (Wildman–Crippen MR) is 104 cm³/mol. The number of benzene rings is 2. The molecule has 1 fully saturated rings. The minimum Gasteiger partial charge on any atom is -0.392 e. The third-order valence-corrected chi connectivity index (χ3v) is 5.07. The Morgan fingerprint density at radius 1 is 1.04 bits per heavy atom.